The van der Waals surface area contributed by atoms with Crippen molar-refractivity contribution in [2.45, 2.75) is 24.7 Å². The molecule has 0 bridgehead atoms. The molecule has 4 aromatic carbocycles. The Balaban J connectivity index is 1.05. The summed E-state index contributed by atoms with van der Waals surface area (Å²) < 4.78 is 12.6. The third kappa shape index (κ3) is 2.53. The molecule has 5 nitrogen and oxygen atoms in total. The first-order valence-corrected chi connectivity index (χ1v) is 17.3. The maximum absolute atomic E-state index is 6.37. The van der Waals surface area contributed by atoms with Crippen LogP contribution in [0.5, 0.6) is 0 Å². The summed E-state index contributed by atoms with van der Waals surface area (Å²) in [6.07, 6.45) is 7.93. The Morgan fingerprint density at radius 1 is 0.542 bits per heavy atom. The summed E-state index contributed by atoms with van der Waals surface area (Å²) in [5, 5.41) is 2.04. The summed E-state index contributed by atoms with van der Waals surface area (Å²) >= 11 is 0. The summed E-state index contributed by atoms with van der Waals surface area (Å²) in [6, 6.07) is 37.4. The number of hydrogen-bond donors (Lipinski definition) is 0. The van der Waals surface area contributed by atoms with Gasteiger partial charge in [-0.15, -0.1) is 0 Å². The number of furan rings is 2. The molecule has 48 heavy (non-hydrogen) atoms. The van der Waals surface area contributed by atoms with Crippen molar-refractivity contribution < 1.29 is 8.83 Å². The van der Waals surface area contributed by atoms with Crippen LogP contribution in [0, 0.1) is 29.1 Å². The molecule has 0 N–H and O–H groups in total. The molecule has 0 amide bonds. The van der Waals surface area contributed by atoms with Gasteiger partial charge in [-0.25, -0.2) is 0 Å². The number of benzene rings is 4. The van der Waals surface area contributed by atoms with Crippen LogP contribution in [0.3, 0.4) is 0 Å². The fourth-order valence-electron chi connectivity index (χ4n) is 12.0. The lowest BCUT2D eigenvalue weighted by atomic mass is 9.11. The Morgan fingerprint density at radius 2 is 1.21 bits per heavy atom. The van der Waals surface area contributed by atoms with E-state index in [4.69, 9.17) is 13.8 Å². The van der Waals surface area contributed by atoms with Gasteiger partial charge in [0.25, 0.3) is 0 Å². The molecule has 5 aliphatic carbocycles. The topological polar surface area (TPSA) is 55.3 Å². The van der Waals surface area contributed by atoms with Gasteiger partial charge in [-0.3, -0.25) is 9.97 Å². The van der Waals surface area contributed by atoms with Crippen molar-refractivity contribution in [3.63, 3.8) is 0 Å². The monoisotopic (exact) mass is 619 g/mol. The number of nitrogens with zero attached hydrogens (tertiary/aromatic N) is 3. The van der Waals surface area contributed by atoms with Gasteiger partial charge < -0.3 is 13.7 Å². The van der Waals surface area contributed by atoms with E-state index in [0.29, 0.717) is 5.41 Å². The predicted octanol–water partition coefficient (Wildman–Crippen LogP) is 10.7. The molecule has 4 fully saturated rings. The van der Waals surface area contributed by atoms with Crippen LogP contribution in [-0.2, 0) is 5.41 Å². The Labute approximate surface area is 275 Å². The van der Waals surface area contributed by atoms with Crippen LogP contribution in [0.15, 0.2) is 124 Å². The minimum atomic E-state index is 0.143. The third-order valence-electron chi connectivity index (χ3n) is 13.6. The number of fused-ring (bicyclic) bond motifs is 13. The maximum atomic E-state index is 6.37. The molecule has 0 aliphatic heterocycles. The average molecular weight is 620 g/mol. The fourth-order valence-corrected chi connectivity index (χ4v) is 12.0. The SMILES string of the molecule is c1ccc2c(c1)-c1ccc(N(c3ccc4c(c3)oc3cccnc34)c3ccc4oc5cccnc5c4c3)cc1C21C2CC3CC4CC1C342. The van der Waals surface area contributed by atoms with Crippen molar-refractivity contribution in [1.82, 2.24) is 9.97 Å². The van der Waals surface area contributed by atoms with Crippen LogP contribution >= 0.6 is 0 Å². The minimum absolute atomic E-state index is 0.143. The lowest BCUT2D eigenvalue weighted by Gasteiger charge is -2.92. The molecule has 0 saturated heterocycles. The second kappa shape index (κ2) is 7.99. The van der Waals surface area contributed by atoms with Crippen LogP contribution in [0.2, 0.25) is 0 Å². The van der Waals surface area contributed by atoms with Crippen molar-refractivity contribution >= 4 is 61.2 Å². The molecular formula is C43H29N3O2. The quantitative estimate of drug-likeness (QED) is 0.197. The molecule has 4 aromatic heterocycles. The number of pyridine rings is 2. The van der Waals surface area contributed by atoms with E-state index in [9.17, 15) is 0 Å². The molecule has 4 atom stereocenters. The largest absolute Gasteiger partial charge is 0.454 e. The van der Waals surface area contributed by atoms with Gasteiger partial charge in [0.15, 0.2) is 11.2 Å². The highest BCUT2D eigenvalue weighted by atomic mass is 16.3. The lowest BCUT2D eigenvalue weighted by molar-refractivity contribution is -0.412. The molecule has 4 heterocycles. The molecule has 4 unspecified atom stereocenters. The van der Waals surface area contributed by atoms with Gasteiger partial charge in [0.2, 0.25) is 0 Å². The van der Waals surface area contributed by atoms with Crippen molar-refractivity contribution in [2.24, 2.45) is 29.1 Å². The molecule has 13 rings (SSSR count). The smallest absolute Gasteiger partial charge is 0.153 e. The average Bonchev–Trinajstić information content (AvgIpc) is 3.74. The highest BCUT2D eigenvalue weighted by molar-refractivity contribution is 6.06. The normalized spacial score (nSPS) is 28.3. The highest BCUT2D eigenvalue weighted by Gasteiger charge is 2.90. The Hall–Kier alpha value is -5.42. The molecule has 0 radical (unpaired) electrons. The van der Waals surface area contributed by atoms with Crippen LogP contribution in [0.25, 0.3) is 55.3 Å². The van der Waals surface area contributed by atoms with E-state index in [0.717, 1.165) is 84.9 Å². The van der Waals surface area contributed by atoms with Crippen molar-refractivity contribution in [3.05, 3.63) is 127 Å². The molecule has 2 spiro atoms. The van der Waals surface area contributed by atoms with Crippen LogP contribution in [0.1, 0.15) is 30.4 Å². The van der Waals surface area contributed by atoms with Crippen LogP contribution in [0.4, 0.5) is 17.1 Å². The Bertz CT molecular complexity index is 2710. The van der Waals surface area contributed by atoms with Gasteiger partial charge in [-0.2, -0.15) is 0 Å². The van der Waals surface area contributed by atoms with Crippen LogP contribution < -0.4 is 4.90 Å². The standard InChI is InChI=1S/C43H29N3O2/c1-2-6-32-28(5-1)29-12-9-26(21-33(29)43(32)38-18-23-17-24-19-39(43)42(23,24)38)46(25-11-14-34-31(20-25)41-36(47-34)8-4-16-45-41)27-10-13-30-37(22-27)48-35-7-3-15-44-40(30)35/h1-16,20-24,38-39H,17-19H2. The van der Waals surface area contributed by atoms with E-state index < -0.39 is 0 Å². The second-order valence-electron chi connectivity index (χ2n) is 15.0. The minimum Gasteiger partial charge on any atom is -0.454 e. The maximum Gasteiger partial charge on any atom is 0.153 e. The number of rotatable bonds is 3. The third-order valence-corrected chi connectivity index (χ3v) is 13.6. The van der Waals surface area contributed by atoms with Gasteiger partial charge in [0.1, 0.15) is 22.2 Å². The lowest BCUT2D eigenvalue weighted by Crippen LogP contribution is -2.88. The van der Waals surface area contributed by atoms with E-state index in [1.165, 1.54) is 30.4 Å². The fraction of sp³-hybridized carbons (Fsp3) is 0.209. The van der Waals surface area contributed by atoms with Crippen molar-refractivity contribution in [1.29, 1.82) is 0 Å². The first-order valence-electron chi connectivity index (χ1n) is 17.3. The molecular weight excluding hydrogens is 590 g/mol. The summed E-state index contributed by atoms with van der Waals surface area (Å²) in [5.74, 6) is 3.50. The van der Waals surface area contributed by atoms with Gasteiger partial charge in [-0.05, 0) is 137 Å². The summed E-state index contributed by atoms with van der Waals surface area (Å²) in [4.78, 5) is 11.7. The molecule has 228 valence electrons. The summed E-state index contributed by atoms with van der Waals surface area (Å²) in [5.41, 5.74) is 15.1. The summed E-state index contributed by atoms with van der Waals surface area (Å²) in [7, 11) is 0. The van der Waals surface area contributed by atoms with E-state index >= 15 is 0 Å². The van der Waals surface area contributed by atoms with E-state index in [1.54, 1.807) is 11.1 Å². The Morgan fingerprint density at radius 3 is 2.02 bits per heavy atom. The predicted molar refractivity (Wildman–Crippen MR) is 188 cm³/mol. The van der Waals surface area contributed by atoms with Gasteiger partial charge in [0.05, 0.1) is 0 Å². The second-order valence-corrected chi connectivity index (χ2v) is 15.0. The summed E-state index contributed by atoms with van der Waals surface area (Å²) in [6.45, 7) is 0. The molecule has 5 heteroatoms. The number of anilines is 3. The molecule has 4 saturated carbocycles. The number of hydrogen-bond acceptors (Lipinski definition) is 5. The van der Waals surface area contributed by atoms with Gasteiger partial charge in [0, 0.05) is 51.7 Å². The van der Waals surface area contributed by atoms with E-state index in [2.05, 4.69) is 88.7 Å². The zero-order valence-electron chi connectivity index (χ0n) is 26.1. The highest BCUT2D eigenvalue weighted by Crippen LogP contribution is 2.94. The first-order chi connectivity index (χ1) is 23.7. The van der Waals surface area contributed by atoms with E-state index in [-0.39, 0.29) is 5.41 Å². The first kappa shape index (κ1) is 24.7. The Kier molecular flexibility index (Phi) is 4.11. The molecule has 5 aliphatic rings. The van der Waals surface area contributed by atoms with Gasteiger partial charge >= 0.3 is 0 Å². The molecule has 8 aromatic rings. The zero-order chi connectivity index (χ0) is 30.9. The van der Waals surface area contributed by atoms with Crippen molar-refractivity contribution in [2.75, 3.05) is 4.90 Å². The number of aromatic nitrogens is 2. The zero-order valence-corrected chi connectivity index (χ0v) is 26.1. The van der Waals surface area contributed by atoms with Crippen LogP contribution in [-0.4, -0.2) is 9.97 Å². The van der Waals surface area contributed by atoms with E-state index in [1.807, 2.05) is 36.7 Å². The van der Waals surface area contributed by atoms with Crippen molar-refractivity contribution in [3.8, 4) is 11.1 Å². The van der Waals surface area contributed by atoms with Gasteiger partial charge in [-0.1, -0.05) is 30.3 Å².